The van der Waals surface area contributed by atoms with Crippen LogP contribution in [0.4, 0.5) is 0 Å². The molecule has 112 valence electrons. The van der Waals surface area contributed by atoms with E-state index in [-0.39, 0.29) is 12.4 Å². The molecule has 0 bridgehead atoms. The largest absolute Gasteiger partial charge is 0.329 e. The molecule has 0 saturated heterocycles. The van der Waals surface area contributed by atoms with Gasteiger partial charge in [0, 0.05) is 25.7 Å². The molecule has 0 amide bonds. The van der Waals surface area contributed by atoms with Gasteiger partial charge in [0.1, 0.15) is 0 Å². The lowest BCUT2D eigenvalue weighted by atomic mass is 9.92. The molecule has 7 heteroatoms. The first-order valence-electron chi connectivity index (χ1n) is 6.12. The SMILES string of the molecule is CCCN(C)S(=O)(=O)NC(C)(CN)CC(C)C.Cl. The number of hydrogen-bond donors (Lipinski definition) is 2. The van der Waals surface area contributed by atoms with Gasteiger partial charge in [-0.3, -0.25) is 0 Å². The van der Waals surface area contributed by atoms with Crippen LogP contribution in [0.25, 0.3) is 0 Å². The van der Waals surface area contributed by atoms with E-state index < -0.39 is 15.7 Å². The normalized spacial score (nSPS) is 15.6. The summed E-state index contributed by atoms with van der Waals surface area (Å²) in [7, 11) is -1.85. The molecule has 1 unspecified atom stereocenters. The Morgan fingerprint density at radius 1 is 1.39 bits per heavy atom. The predicted molar refractivity (Wildman–Crippen MR) is 79.1 cm³/mol. The first-order valence-corrected chi connectivity index (χ1v) is 7.56. The summed E-state index contributed by atoms with van der Waals surface area (Å²) in [5.74, 6) is 0.391. The molecule has 0 rings (SSSR count). The predicted octanol–water partition coefficient (Wildman–Crippen LogP) is 1.35. The van der Waals surface area contributed by atoms with E-state index in [0.717, 1.165) is 12.8 Å². The molecule has 0 radical (unpaired) electrons. The molecule has 1 atom stereocenters. The molecule has 0 aliphatic carbocycles. The van der Waals surface area contributed by atoms with Crippen LogP contribution in [-0.2, 0) is 10.2 Å². The average molecular weight is 302 g/mol. The van der Waals surface area contributed by atoms with Gasteiger partial charge in [-0.2, -0.15) is 17.4 Å². The van der Waals surface area contributed by atoms with Crippen LogP contribution in [0.3, 0.4) is 0 Å². The number of nitrogens with one attached hydrogen (secondary N) is 1. The highest BCUT2D eigenvalue weighted by Crippen LogP contribution is 2.17. The first kappa shape index (κ1) is 20.4. The van der Waals surface area contributed by atoms with Gasteiger partial charge in [0.05, 0.1) is 0 Å². The molecule has 0 fully saturated rings. The Kier molecular flexibility index (Phi) is 9.45. The fraction of sp³-hybridized carbons (Fsp3) is 1.00. The second-order valence-electron chi connectivity index (χ2n) is 5.29. The third kappa shape index (κ3) is 6.89. The second-order valence-corrected chi connectivity index (χ2v) is 7.07. The van der Waals surface area contributed by atoms with Crippen molar-refractivity contribution in [3.63, 3.8) is 0 Å². The summed E-state index contributed by atoms with van der Waals surface area (Å²) in [5.41, 5.74) is 5.12. The van der Waals surface area contributed by atoms with E-state index >= 15 is 0 Å². The lowest BCUT2D eigenvalue weighted by Crippen LogP contribution is -2.55. The van der Waals surface area contributed by atoms with E-state index in [1.54, 1.807) is 7.05 Å². The van der Waals surface area contributed by atoms with Crippen LogP contribution in [0.1, 0.15) is 40.5 Å². The van der Waals surface area contributed by atoms with Crippen LogP contribution >= 0.6 is 12.4 Å². The Bertz CT molecular complexity index is 322. The summed E-state index contributed by atoms with van der Waals surface area (Å²) in [5, 5.41) is 0. The third-order valence-electron chi connectivity index (χ3n) is 2.63. The second kappa shape index (κ2) is 8.32. The molecular weight excluding hydrogens is 274 g/mol. The lowest BCUT2D eigenvalue weighted by Gasteiger charge is -2.32. The molecule has 0 aromatic heterocycles. The molecular formula is C11H28ClN3O2S. The van der Waals surface area contributed by atoms with Crippen molar-refractivity contribution < 1.29 is 8.42 Å². The van der Waals surface area contributed by atoms with Gasteiger partial charge >= 0.3 is 0 Å². The van der Waals surface area contributed by atoms with Crippen molar-refractivity contribution >= 4 is 22.6 Å². The zero-order valence-electron chi connectivity index (χ0n) is 12.1. The van der Waals surface area contributed by atoms with Crippen LogP contribution in [0.5, 0.6) is 0 Å². The van der Waals surface area contributed by atoms with Gasteiger partial charge in [0.25, 0.3) is 10.2 Å². The quantitative estimate of drug-likeness (QED) is 0.710. The Labute approximate surface area is 118 Å². The van der Waals surface area contributed by atoms with Crippen molar-refractivity contribution in [3.05, 3.63) is 0 Å². The van der Waals surface area contributed by atoms with E-state index in [4.69, 9.17) is 5.73 Å². The molecule has 0 heterocycles. The van der Waals surface area contributed by atoms with Crippen molar-refractivity contribution in [2.45, 2.75) is 46.1 Å². The van der Waals surface area contributed by atoms with Crippen LogP contribution in [0.15, 0.2) is 0 Å². The molecule has 0 aromatic carbocycles. The van der Waals surface area contributed by atoms with E-state index in [9.17, 15) is 8.42 Å². The molecule has 3 N–H and O–H groups in total. The van der Waals surface area contributed by atoms with E-state index in [1.165, 1.54) is 4.31 Å². The topological polar surface area (TPSA) is 75.4 Å². The Balaban J connectivity index is 0. The molecule has 5 nitrogen and oxygen atoms in total. The van der Waals surface area contributed by atoms with Crippen molar-refractivity contribution in [1.29, 1.82) is 0 Å². The van der Waals surface area contributed by atoms with Gasteiger partial charge in [-0.15, -0.1) is 12.4 Å². The zero-order valence-corrected chi connectivity index (χ0v) is 13.7. The minimum absolute atomic E-state index is 0. The summed E-state index contributed by atoms with van der Waals surface area (Å²) in [6, 6.07) is 0. The summed E-state index contributed by atoms with van der Waals surface area (Å²) in [6.45, 7) is 8.71. The van der Waals surface area contributed by atoms with Gasteiger partial charge in [0.2, 0.25) is 0 Å². The number of hydrogen-bond acceptors (Lipinski definition) is 3. The van der Waals surface area contributed by atoms with Crippen LogP contribution in [0.2, 0.25) is 0 Å². The number of rotatable bonds is 8. The van der Waals surface area contributed by atoms with Crippen molar-refractivity contribution in [3.8, 4) is 0 Å². The Morgan fingerprint density at radius 2 is 1.89 bits per heavy atom. The lowest BCUT2D eigenvalue weighted by molar-refractivity contribution is 0.332. The first-order chi connectivity index (χ1) is 7.67. The monoisotopic (exact) mass is 301 g/mol. The van der Waals surface area contributed by atoms with Gasteiger partial charge in [-0.25, -0.2) is 0 Å². The van der Waals surface area contributed by atoms with Gasteiger partial charge in [0.15, 0.2) is 0 Å². The van der Waals surface area contributed by atoms with Gasteiger partial charge in [-0.05, 0) is 25.7 Å². The van der Waals surface area contributed by atoms with E-state index in [0.29, 0.717) is 19.0 Å². The highest BCUT2D eigenvalue weighted by molar-refractivity contribution is 7.87. The van der Waals surface area contributed by atoms with E-state index in [1.807, 2.05) is 13.8 Å². The highest BCUT2D eigenvalue weighted by Gasteiger charge is 2.31. The maximum absolute atomic E-state index is 12.0. The zero-order chi connectivity index (χ0) is 13.7. The Morgan fingerprint density at radius 3 is 2.22 bits per heavy atom. The minimum Gasteiger partial charge on any atom is -0.329 e. The smallest absolute Gasteiger partial charge is 0.279 e. The Hall–Kier alpha value is 0.120. The van der Waals surface area contributed by atoms with Crippen LogP contribution in [0, 0.1) is 5.92 Å². The van der Waals surface area contributed by atoms with Gasteiger partial charge < -0.3 is 5.73 Å². The maximum atomic E-state index is 12.0. The third-order valence-corrected chi connectivity index (χ3v) is 4.39. The number of nitrogens with zero attached hydrogens (tertiary/aromatic N) is 1. The van der Waals surface area contributed by atoms with Gasteiger partial charge in [-0.1, -0.05) is 20.8 Å². The molecule has 0 spiro atoms. The molecule has 0 saturated carbocycles. The van der Waals surface area contributed by atoms with Crippen LogP contribution in [-0.4, -0.2) is 38.4 Å². The van der Waals surface area contributed by atoms with Crippen LogP contribution < -0.4 is 10.5 Å². The molecule has 0 aliphatic heterocycles. The summed E-state index contributed by atoms with van der Waals surface area (Å²) in [4.78, 5) is 0. The number of nitrogens with two attached hydrogens (primary N) is 1. The molecule has 18 heavy (non-hydrogen) atoms. The van der Waals surface area contributed by atoms with Crippen molar-refractivity contribution in [2.75, 3.05) is 20.1 Å². The minimum atomic E-state index is -3.43. The average Bonchev–Trinajstić information content (AvgIpc) is 2.16. The molecule has 0 aliphatic rings. The van der Waals surface area contributed by atoms with E-state index in [2.05, 4.69) is 18.6 Å². The fourth-order valence-corrected chi connectivity index (χ4v) is 3.26. The number of halogens is 1. The summed E-state index contributed by atoms with van der Waals surface area (Å²) >= 11 is 0. The maximum Gasteiger partial charge on any atom is 0.279 e. The molecule has 0 aromatic rings. The summed E-state index contributed by atoms with van der Waals surface area (Å²) < 4.78 is 28.1. The fourth-order valence-electron chi connectivity index (χ4n) is 1.89. The van der Waals surface area contributed by atoms with Crippen molar-refractivity contribution in [2.24, 2.45) is 11.7 Å². The standard InChI is InChI=1S/C11H27N3O2S.ClH/c1-6-7-14(5)17(15,16)13-11(4,9-12)8-10(2)3;/h10,13H,6-9,12H2,1-5H3;1H. The van der Waals surface area contributed by atoms with Crippen molar-refractivity contribution in [1.82, 2.24) is 9.03 Å². The summed E-state index contributed by atoms with van der Waals surface area (Å²) in [6.07, 6.45) is 1.52. The highest BCUT2D eigenvalue weighted by atomic mass is 35.5.